The predicted molar refractivity (Wildman–Crippen MR) is 92.0 cm³/mol. The van der Waals surface area contributed by atoms with E-state index in [1.165, 1.54) is 6.92 Å². The summed E-state index contributed by atoms with van der Waals surface area (Å²) in [6.07, 6.45) is -1.39. The van der Waals surface area contributed by atoms with E-state index in [0.29, 0.717) is 10.5 Å². The van der Waals surface area contributed by atoms with Crippen LogP contribution in [0.3, 0.4) is 0 Å². The molecule has 0 radical (unpaired) electrons. The largest absolute Gasteiger partial charge is 0.462 e. The number of nitrogens with zero attached hydrogens (tertiary/aromatic N) is 1. The van der Waals surface area contributed by atoms with Crippen molar-refractivity contribution in [3.05, 3.63) is 35.9 Å². The molecule has 148 valence electrons. The number of alkyl halides is 2. The quantitative estimate of drug-likeness (QED) is 0.677. The van der Waals surface area contributed by atoms with Crippen molar-refractivity contribution in [2.75, 3.05) is 13.2 Å². The summed E-state index contributed by atoms with van der Waals surface area (Å²) in [5.41, 5.74) is 0.438. The Balaban J connectivity index is 2.40. The Morgan fingerprint density at radius 1 is 1.30 bits per heavy atom. The summed E-state index contributed by atoms with van der Waals surface area (Å²) in [5.74, 6) is -9.28. The third-order valence-corrected chi connectivity index (χ3v) is 4.48. The third kappa shape index (κ3) is 4.43. The van der Waals surface area contributed by atoms with Crippen LogP contribution in [0, 0.1) is 11.8 Å². The maximum absolute atomic E-state index is 14.8. The normalized spacial score (nSPS) is 18.4. The fourth-order valence-electron chi connectivity index (χ4n) is 2.94. The number of ether oxygens (including phenoxy) is 2. The SMILES string of the molecule is CCOC(=O)C(F)(F)[C@@H](Cc1ccccc1)C(=O)N1C(=O)OC[C@@H]1C(C)C. The number of carbonyl (C=O) groups is 3. The summed E-state index contributed by atoms with van der Waals surface area (Å²) < 4.78 is 39.0. The molecule has 0 spiro atoms. The number of amides is 2. The fourth-order valence-corrected chi connectivity index (χ4v) is 2.94. The summed E-state index contributed by atoms with van der Waals surface area (Å²) in [6.45, 7) is 4.59. The van der Waals surface area contributed by atoms with E-state index in [-0.39, 0.29) is 19.1 Å². The minimum absolute atomic E-state index is 0.0642. The molecule has 1 aliphatic heterocycles. The van der Waals surface area contributed by atoms with Crippen molar-refractivity contribution >= 4 is 18.0 Å². The van der Waals surface area contributed by atoms with Crippen molar-refractivity contribution in [3.8, 4) is 0 Å². The van der Waals surface area contributed by atoms with Crippen molar-refractivity contribution in [3.63, 3.8) is 0 Å². The molecule has 0 aromatic heterocycles. The van der Waals surface area contributed by atoms with E-state index in [0.717, 1.165) is 0 Å². The lowest BCUT2D eigenvalue weighted by atomic mass is 9.90. The molecule has 1 heterocycles. The Hall–Kier alpha value is -2.51. The molecular formula is C19H23F2NO5. The number of carbonyl (C=O) groups excluding carboxylic acids is 3. The lowest BCUT2D eigenvalue weighted by Crippen LogP contribution is -2.52. The summed E-state index contributed by atoms with van der Waals surface area (Å²) >= 11 is 0. The second kappa shape index (κ2) is 8.45. The fraction of sp³-hybridized carbons (Fsp3) is 0.526. The highest BCUT2D eigenvalue weighted by molar-refractivity contribution is 5.98. The van der Waals surface area contributed by atoms with Crippen LogP contribution >= 0.6 is 0 Å². The molecule has 2 rings (SSSR count). The molecule has 0 saturated carbocycles. The van der Waals surface area contributed by atoms with E-state index < -0.39 is 42.3 Å². The van der Waals surface area contributed by atoms with Crippen molar-refractivity contribution in [2.24, 2.45) is 11.8 Å². The molecule has 1 aliphatic rings. The van der Waals surface area contributed by atoms with E-state index in [9.17, 15) is 23.2 Å². The second-order valence-corrected chi connectivity index (χ2v) is 6.68. The van der Waals surface area contributed by atoms with Crippen LogP contribution in [-0.2, 0) is 25.5 Å². The van der Waals surface area contributed by atoms with Gasteiger partial charge < -0.3 is 9.47 Å². The number of rotatable bonds is 7. The van der Waals surface area contributed by atoms with Gasteiger partial charge in [-0.3, -0.25) is 4.79 Å². The summed E-state index contributed by atoms with van der Waals surface area (Å²) in [6, 6.07) is 7.46. The molecule has 6 nitrogen and oxygen atoms in total. The van der Waals surface area contributed by atoms with Crippen LogP contribution in [0.2, 0.25) is 0 Å². The highest BCUT2D eigenvalue weighted by atomic mass is 19.3. The molecule has 0 N–H and O–H groups in total. The topological polar surface area (TPSA) is 72.9 Å². The van der Waals surface area contributed by atoms with Gasteiger partial charge in [0.1, 0.15) is 12.5 Å². The molecule has 2 atom stereocenters. The molecule has 0 bridgehead atoms. The van der Waals surface area contributed by atoms with Gasteiger partial charge in [-0.1, -0.05) is 44.2 Å². The predicted octanol–water partition coefficient (Wildman–Crippen LogP) is 3.05. The van der Waals surface area contributed by atoms with E-state index in [4.69, 9.17) is 4.74 Å². The first kappa shape index (κ1) is 20.8. The second-order valence-electron chi connectivity index (χ2n) is 6.68. The van der Waals surface area contributed by atoms with Gasteiger partial charge in [0.15, 0.2) is 0 Å². The van der Waals surface area contributed by atoms with Crippen LogP contribution in [0.5, 0.6) is 0 Å². The van der Waals surface area contributed by atoms with Gasteiger partial charge in [-0.15, -0.1) is 0 Å². The number of imide groups is 1. The van der Waals surface area contributed by atoms with Gasteiger partial charge in [-0.05, 0) is 24.8 Å². The molecule has 1 aromatic carbocycles. The minimum atomic E-state index is -4.09. The molecule has 1 aromatic rings. The average molecular weight is 383 g/mol. The highest BCUT2D eigenvalue weighted by Crippen LogP contribution is 2.33. The molecular weight excluding hydrogens is 360 g/mol. The Morgan fingerprint density at radius 2 is 1.93 bits per heavy atom. The van der Waals surface area contributed by atoms with Gasteiger partial charge >= 0.3 is 18.0 Å². The zero-order valence-electron chi connectivity index (χ0n) is 15.5. The zero-order valence-corrected chi connectivity index (χ0v) is 15.5. The third-order valence-electron chi connectivity index (χ3n) is 4.48. The maximum Gasteiger partial charge on any atom is 0.416 e. The number of hydrogen-bond donors (Lipinski definition) is 0. The summed E-state index contributed by atoms with van der Waals surface area (Å²) in [7, 11) is 0. The van der Waals surface area contributed by atoms with Crippen LogP contribution in [-0.4, -0.2) is 48.0 Å². The van der Waals surface area contributed by atoms with Crippen molar-refractivity contribution in [1.29, 1.82) is 0 Å². The van der Waals surface area contributed by atoms with Crippen molar-refractivity contribution in [2.45, 2.75) is 39.2 Å². The number of halogens is 2. The van der Waals surface area contributed by atoms with Crippen molar-refractivity contribution < 1.29 is 32.6 Å². The van der Waals surface area contributed by atoms with E-state index in [1.54, 1.807) is 44.2 Å². The molecule has 1 fully saturated rings. The summed E-state index contributed by atoms with van der Waals surface area (Å²) in [4.78, 5) is 37.6. The average Bonchev–Trinajstić information content (AvgIpc) is 3.02. The van der Waals surface area contributed by atoms with Crippen LogP contribution in [0.15, 0.2) is 30.3 Å². The minimum Gasteiger partial charge on any atom is -0.462 e. The lowest BCUT2D eigenvalue weighted by Gasteiger charge is -2.30. The Morgan fingerprint density at radius 3 is 2.48 bits per heavy atom. The van der Waals surface area contributed by atoms with Gasteiger partial charge in [0.25, 0.3) is 0 Å². The van der Waals surface area contributed by atoms with Gasteiger partial charge in [0, 0.05) is 0 Å². The van der Waals surface area contributed by atoms with E-state index in [1.807, 2.05) is 0 Å². The molecule has 0 aliphatic carbocycles. The van der Waals surface area contributed by atoms with Gasteiger partial charge in [-0.2, -0.15) is 8.78 Å². The Labute approximate surface area is 156 Å². The van der Waals surface area contributed by atoms with Gasteiger partial charge in [0.2, 0.25) is 5.91 Å². The number of cyclic esters (lactones) is 1. The van der Waals surface area contributed by atoms with Gasteiger partial charge in [0.05, 0.1) is 12.6 Å². The number of hydrogen-bond acceptors (Lipinski definition) is 5. The smallest absolute Gasteiger partial charge is 0.416 e. The Kier molecular flexibility index (Phi) is 6.51. The first-order valence-electron chi connectivity index (χ1n) is 8.78. The van der Waals surface area contributed by atoms with Gasteiger partial charge in [-0.25, -0.2) is 14.5 Å². The number of esters is 1. The zero-order chi connectivity index (χ0) is 20.2. The van der Waals surface area contributed by atoms with Crippen LogP contribution in [0.1, 0.15) is 26.3 Å². The standard InChI is InChI=1S/C19H23F2NO5/c1-4-26-17(24)19(20,21)14(10-13-8-6-5-7-9-13)16(23)22-15(12(2)3)11-27-18(22)25/h5-9,12,14-15H,4,10-11H2,1-3H3/t14-,15+/m0/s1. The molecule has 8 heteroatoms. The lowest BCUT2D eigenvalue weighted by molar-refractivity contribution is -0.184. The van der Waals surface area contributed by atoms with Crippen LogP contribution in [0.25, 0.3) is 0 Å². The maximum atomic E-state index is 14.8. The molecule has 27 heavy (non-hydrogen) atoms. The number of benzene rings is 1. The molecule has 0 unspecified atom stereocenters. The van der Waals surface area contributed by atoms with Crippen LogP contribution in [0.4, 0.5) is 13.6 Å². The van der Waals surface area contributed by atoms with Crippen LogP contribution < -0.4 is 0 Å². The van der Waals surface area contributed by atoms with Crippen molar-refractivity contribution in [1.82, 2.24) is 4.90 Å². The molecule has 1 saturated heterocycles. The molecule has 2 amide bonds. The monoisotopic (exact) mass is 383 g/mol. The first-order valence-corrected chi connectivity index (χ1v) is 8.78. The van der Waals surface area contributed by atoms with E-state index >= 15 is 0 Å². The summed E-state index contributed by atoms with van der Waals surface area (Å²) in [5, 5.41) is 0. The first-order chi connectivity index (χ1) is 12.7. The van der Waals surface area contributed by atoms with E-state index in [2.05, 4.69) is 4.74 Å². The Bertz CT molecular complexity index is 693. The highest BCUT2D eigenvalue weighted by Gasteiger charge is 2.56.